The van der Waals surface area contributed by atoms with Crippen molar-refractivity contribution in [1.29, 1.82) is 0 Å². The number of aliphatic hydroxyl groups is 1. The molecule has 2 aromatic rings. The number of aromatic nitrogens is 1. The fourth-order valence-electron chi connectivity index (χ4n) is 1.65. The van der Waals surface area contributed by atoms with Crippen LogP contribution in [0.15, 0.2) is 36.5 Å². The van der Waals surface area contributed by atoms with Crippen molar-refractivity contribution in [2.24, 2.45) is 0 Å². The second-order valence-corrected chi connectivity index (χ2v) is 3.75. The van der Waals surface area contributed by atoms with Gasteiger partial charge < -0.3 is 9.84 Å². The van der Waals surface area contributed by atoms with Crippen LogP contribution in [-0.4, -0.2) is 23.2 Å². The van der Waals surface area contributed by atoms with Crippen molar-refractivity contribution in [3.8, 4) is 0 Å². The number of hydrogen-bond acceptors (Lipinski definition) is 4. The number of rotatable bonds is 3. The second-order valence-electron chi connectivity index (χ2n) is 3.75. The van der Waals surface area contributed by atoms with Crippen LogP contribution >= 0.6 is 0 Å². The van der Waals surface area contributed by atoms with E-state index in [1.165, 1.54) is 7.11 Å². The van der Waals surface area contributed by atoms with E-state index in [0.29, 0.717) is 5.56 Å². The summed E-state index contributed by atoms with van der Waals surface area (Å²) in [6, 6.07) is 9.24. The lowest BCUT2D eigenvalue weighted by molar-refractivity contribution is -0.142. The van der Waals surface area contributed by atoms with Gasteiger partial charge in [-0.25, -0.2) is 0 Å². The zero-order valence-corrected chi connectivity index (χ0v) is 9.46. The topological polar surface area (TPSA) is 59.4 Å². The summed E-state index contributed by atoms with van der Waals surface area (Å²) in [5.41, 5.74) is 1.47. The monoisotopic (exact) mass is 231 g/mol. The summed E-state index contributed by atoms with van der Waals surface area (Å²) in [5.74, 6) is -0.432. The van der Waals surface area contributed by atoms with E-state index in [9.17, 15) is 9.90 Å². The van der Waals surface area contributed by atoms with Crippen molar-refractivity contribution >= 4 is 16.9 Å². The van der Waals surface area contributed by atoms with Crippen LogP contribution in [-0.2, 0) is 9.53 Å². The van der Waals surface area contributed by atoms with E-state index in [4.69, 9.17) is 0 Å². The van der Waals surface area contributed by atoms with Gasteiger partial charge in [-0.2, -0.15) is 0 Å². The van der Waals surface area contributed by atoms with E-state index >= 15 is 0 Å². The summed E-state index contributed by atoms with van der Waals surface area (Å²) in [4.78, 5) is 15.3. The van der Waals surface area contributed by atoms with Crippen molar-refractivity contribution in [3.05, 3.63) is 42.1 Å². The molecule has 4 nitrogen and oxygen atoms in total. The van der Waals surface area contributed by atoms with E-state index in [1.54, 1.807) is 18.3 Å². The largest absolute Gasteiger partial charge is 0.469 e. The molecule has 17 heavy (non-hydrogen) atoms. The van der Waals surface area contributed by atoms with Crippen molar-refractivity contribution in [2.75, 3.05) is 7.11 Å². The van der Waals surface area contributed by atoms with Crippen molar-refractivity contribution < 1.29 is 14.6 Å². The zero-order chi connectivity index (χ0) is 12.3. The van der Waals surface area contributed by atoms with Gasteiger partial charge in [0.05, 0.1) is 25.2 Å². The first-order valence-corrected chi connectivity index (χ1v) is 5.30. The molecule has 1 N–H and O–H groups in total. The molecule has 0 amide bonds. The summed E-state index contributed by atoms with van der Waals surface area (Å²) >= 11 is 0. The summed E-state index contributed by atoms with van der Waals surface area (Å²) < 4.78 is 4.52. The minimum absolute atomic E-state index is 0.0468. The van der Waals surface area contributed by atoms with Gasteiger partial charge in [0.1, 0.15) is 0 Å². The number of esters is 1. The van der Waals surface area contributed by atoms with Gasteiger partial charge in [0, 0.05) is 11.6 Å². The van der Waals surface area contributed by atoms with Gasteiger partial charge >= 0.3 is 5.97 Å². The quantitative estimate of drug-likeness (QED) is 0.819. The molecule has 0 radical (unpaired) electrons. The SMILES string of the molecule is COC(=O)CC(O)c1ccc2cccnc2c1. The third kappa shape index (κ3) is 2.60. The minimum Gasteiger partial charge on any atom is -0.469 e. The number of methoxy groups -OCH3 is 1. The lowest BCUT2D eigenvalue weighted by atomic mass is 10.0. The van der Waals surface area contributed by atoms with Gasteiger partial charge in [0.25, 0.3) is 0 Å². The number of benzene rings is 1. The molecule has 0 fully saturated rings. The molecule has 1 unspecified atom stereocenters. The molecule has 1 aromatic heterocycles. The maximum Gasteiger partial charge on any atom is 0.308 e. The number of hydrogen-bond donors (Lipinski definition) is 1. The van der Waals surface area contributed by atoms with Crippen LogP contribution < -0.4 is 0 Å². The van der Waals surface area contributed by atoms with E-state index in [2.05, 4.69) is 9.72 Å². The van der Waals surface area contributed by atoms with Crippen LogP contribution in [0.4, 0.5) is 0 Å². The average Bonchev–Trinajstić information content (AvgIpc) is 2.38. The molecule has 0 aliphatic rings. The molecule has 1 heterocycles. The van der Waals surface area contributed by atoms with E-state index in [0.717, 1.165) is 10.9 Å². The normalized spacial score (nSPS) is 12.4. The summed E-state index contributed by atoms with van der Waals surface area (Å²) in [7, 11) is 1.30. The van der Waals surface area contributed by atoms with Crippen molar-refractivity contribution in [3.63, 3.8) is 0 Å². The number of nitrogens with zero attached hydrogens (tertiary/aromatic N) is 1. The number of carbonyl (C=O) groups excluding carboxylic acids is 1. The smallest absolute Gasteiger partial charge is 0.308 e. The first-order valence-electron chi connectivity index (χ1n) is 5.30. The molecule has 0 aliphatic heterocycles. The van der Waals surface area contributed by atoms with Crippen LogP contribution in [0.25, 0.3) is 10.9 Å². The first-order chi connectivity index (χ1) is 8.20. The average molecular weight is 231 g/mol. The fourth-order valence-corrected chi connectivity index (χ4v) is 1.65. The summed E-state index contributed by atoms with van der Waals surface area (Å²) in [5, 5.41) is 10.9. The van der Waals surface area contributed by atoms with Crippen molar-refractivity contribution in [2.45, 2.75) is 12.5 Å². The number of carbonyl (C=O) groups is 1. The predicted molar refractivity (Wildman–Crippen MR) is 63.3 cm³/mol. The van der Waals surface area contributed by atoms with Gasteiger partial charge in [0.2, 0.25) is 0 Å². The molecule has 88 valence electrons. The number of fused-ring (bicyclic) bond motifs is 1. The third-order valence-electron chi connectivity index (χ3n) is 2.60. The van der Waals surface area contributed by atoms with Gasteiger partial charge in [-0.15, -0.1) is 0 Å². The summed E-state index contributed by atoms with van der Waals surface area (Å²) in [6.45, 7) is 0. The standard InChI is InChI=1S/C13H13NO3/c1-17-13(16)8-12(15)10-5-4-9-3-2-6-14-11(9)7-10/h2-7,12,15H,8H2,1H3. The predicted octanol–water partition coefficient (Wildman–Crippen LogP) is 1.83. The van der Waals surface area contributed by atoms with E-state index < -0.39 is 12.1 Å². The Labute approximate surface area is 98.9 Å². The number of pyridine rings is 1. The lowest BCUT2D eigenvalue weighted by Crippen LogP contribution is -2.08. The van der Waals surface area contributed by atoms with Gasteiger partial charge in [0.15, 0.2) is 0 Å². The maximum absolute atomic E-state index is 11.1. The molecule has 0 saturated carbocycles. The summed E-state index contributed by atoms with van der Waals surface area (Å²) in [6.07, 6.45) is 0.794. The van der Waals surface area contributed by atoms with Crippen LogP contribution in [0, 0.1) is 0 Å². The van der Waals surface area contributed by atoms with E-state index in [1.807, 2.05) is 18.2 Å². The Kier molecular flexibility index (Phi) is 3.35. The van der Waals surface area contributed by atoms with Crippen molar-refractivity contribution in [1.82, 2.24) is 4.98 Å². The highest BCUT2D eigenvalue weighted by molar-refractivity contribution is 5.79. The molecule has 0 saturated heterocycles. The second kappa shape index (κ2) is 4.93. The molecule has 0 aliphatic carbocycles. The number of ether oxygens (including phenoxy) is 1. The Hall–Kier alpha value is -1.94. The van der Waals surface area contributed by atoms with E-state index in [-0.39, 0.29) is 6.42 Å². The fraction of sp³-hybridized carbons (Fsp3) is 0.231. The van der Waals surface area contributed by atoms with Gasteiger partial charge in [-0.1, -0.05) is 18.2 Å². The van der Waals surface area contributed by atoms with Gasteiger partial charge in [-0.05, 0) is 17.7 Å². The molecule has 0 bridgehead atoms. The van der Waals surface area contributed by atoms with Crippen LogP contribution in [0.1, 0.15) is 18.1 Å². The molecule has 1 aromatic carbocycles. The molecule has 2 rings (SSSR count). The number of aliphatic hydroxyl groups excluding tert-OH is 1. The highest BCUT2D eigenvalue weighted by Gasteiger charge is 2.13. The molecule has 1 atom stereocenters. The molecular formula is C13H13NO3. The van der Waals surface area contributed by atoms with Gasteiger partial charge in [-0.3, -0.25) is 9.78 Å². The third-order valence-corrected chi connectivity index (χ3v) is 2.60. The highest BCUT2D eigenvalue weighted by Crippen LogP contribution is 2.21. The molecule has 0 spiro atoms. The van der Waals surface area contributed by atoms with Crippen LogP contribution in [0.5, 0.6) is 0 Å². The van der Waals surface area contributed by atoms with Crippen LogP contribution in [0.3, 0.4) is 0 Å². The van der Waals surface area contributed by atoms with Crippen LogP contribution in [0.2, 0.25) is 0 Å². The Morgan fingerprint density at radius 2 is 2.29 bits per heavy atom. The molecule has 4 heteroatoms. The zero-order valence-electron chi connectivity index (χ0n) is 9.46. The Morgan fingerprint density at radius 3 is 3.06 bits per heavy atom. The minimum atomic E-state index is -0.853. The maximum atomic E-state index is 11.1. The Bertz CT molecular complexity index is 539. The highest BCUT2D eigenvalue weighted by atomic mass is 16.5. The Balaban J connectivity index is 2.26. The lowest BCUT2D eigenvalue weighted by Gasteiger charge is -2.10. The Morgan fingerprint density at radius 1 is 1.47 bits per heavy atom. The molecular weight excluding hydrogens is 218 g/mol. The first kappa shape index (κ1) is 11.5.